The van der Waals surface area contributed by atoms with Crippen LogP contribution in [0.25, 0.3) is 22.2 Å². The summed E-state index contributed by atoms with van der Waals surface area (Å²) in [4.78, 5) is 19.5. The molecule has 1 unspecified atom stereocenters. The number of hydrogen-bond donors (Lipinski definition) is 2. The molecule has 4 heterocycles. The van der Waals surface area contributed by atoms with Gasteiger partial charge in [0.1, 0.15) is 0 Å². The van der Waals surface area contributed by atoms with Gasteiger partial charge in [0.05, 0.1) is 34.6 Å². The number of pyridine rings is 2. The minimum atomic E-state index is -0.317. The topological polar surface area (TPSA) is 63.3 Å². The van der Waals surface area contributed by atoms with Crippen LogP contribution in [0.3, 0.4) is 0 Å². The van der Waals surface area contributed by atoms with Gasteiger partial charge in [-0.05, 0) is 41.8 Å². The Balaban J connectivity index is 1.50. The lowest BCUT2D eigenvalue weighted by Crippen LogP contribution is -2.21. The summed E-state index contributed by atoms with van der Waals surface area (Å²) < 4.78 is 3.28. The highest BCUT2D eigenvalue weighted by Crippen LogP contribution is 2.33. The van der Waals surface area contributed by atoms with E-state index in [2.05, 4.69) is 22.7 Å². The van der Waals surface area contributed by atoms with Crippen molar-refractivity contribution in [1.29, 1.82) is 0 Å². The second-order valence-electron chi connectivity index (χ2n) is 7.97. The van der Waals surface area contributed by atoms with E-state index in [1.165, 1.54) is 0 Å². The van der Waals surface area contributed by atoms with E-state index in [1.54, 1.807) is 39.1 Å². The molecule has 6 nitrogen and oxygen atoms in total. The molecule has 0 bridgehead atoms. The lowest BCUT2D eigenvalue weighted by Gasteiger charge is -2.17. The van der Waals surface area contributed by atoms with Gasteiger partial charge in [-0.2, -0.15) is 0 Å². The third-order valence-corrected chi connectivity index (χ3v) is 6.83. The Bertz CT molecular complexity index is 1380. The number of β-amino-alcohol motifs (C(OH)–C–C–N with tert-alkyl or cyclic N) is 1. The van der Waals surface area contributed by atoms with Crippen LogP contribution in [-0.4, -0.2) is 37.8 Å². The van der Waals surface area contributed by atoms with Crippen molar-refractivity contribution in [3.05, 3.63) is 81.0 Å². The monoisotopic (exact) mass is 486 g/mol. The van der Waals surface area contributed by atoms with Crippen LogP contribution in [-0.2, 0) is 6.54 Å². The molecule has 0 saturated carbocycles. The molecule has 0 aliphatic carbocycles. The number of aromatic nitrogens is 3. The van der Waals surface area contributed by atoms with Crippen LogP contribution in [0.4, 0.5) is 5.69 Å². The lowest BCUT2D eigenvalue weighted by atomic mass is 10.1. The van der Waals surface area contributed by atoms with Crippen LogP contribution in [0.1, 0.15) is 12.0 Å². The molecule has 9 heteroatoms. The third kappa shape index (κ3) is 4.01. The number of anilines is 1. The number of nitrogens with zero attached hydrogens (tertiary/aromatic N) is 4. The molecule has 1 fully saturated rings. The van der Waals surface area contributed by atoms with Gasteiger partial charge in [0.15, 0.2) is 5.65 Å². The highest BCUT2D eigenvalue weighted by molar-refractivity contribution is 7.78. The smallest absolute Gasteiger partial charge is 0.251 e. The van der Waals surface area contributed by atoms with E-state index in [0.29, 0.717) is 28.8 Å². The number of halogens is 2. The zero-order chi connectivity index (χ0) is 22.4. The molecule has 1 atom stereocenters. The molecular formula is C23H20Cl2N4O2S. The molecule has 0 radical (unpaired) electrons. The van der Waals surface area contributed by atoms with E-state index in [4.69, 9.17) is 23.2 Å². The first kappa shape index (κ1) is 21.4. The van der Waals surface area contributed by atoms with E-state index in [0.717, 1.165) is 40.7 Å². The van der Waals surface area contributed by atoms with Crippen LogP contribution in [0, 0.1) is 0 Å². The average molecular weight is 487 g/mol. The maximum absolute atomic E-state index is 12.9. The molecule has 1 saturated heterocycles. The Kier molecular flexibility index (Phi) is 5.67. The summed E-state index contributed by atoms with van der Waals surface area (Å²) in [7, 11) is 0. The van der Waals surface area contributed by atoms with E-state index in [-0.39, 0.29) is 11.7 Å². The molecule has 32 heavy (non-hydrogen) atoms. The van der Waals surface area contributed by atoms with E-state index < -0.39 is 0 Å². The van der Waals surface area contributed by atoms with Gasteiger partial charge in [-0.25, -0.2) is 4.98 Å². The minimum absolute atomic E-state index is 0.125. The fourth-order valence-electron chi connectivity index (χ4n) is 4.10. The molecule has 1 aliphatic heterocycles. The summed E-state index contributed by atoms with van der Waals surface area (Å²) >= 11 is 16.6. The summed E-state index contributed by atoms with van der Waals surface area (Å²) in [5, 5.41) is 11.7. The fraction of sp³-hybridized carbons (Fsp3) is 0.217. The van der Waals surface area contributed by atoms with Crippen molar-refractivity contribution < 1.29 is 5.11 Å². The van der Waals surface area contributed by atoms with Crippen LogP contribution >= 0.6 is 36.0 Å². The molecule has 1 aromatic carbocycles. The highest BCUT2D eigenvalue weighted by Gasteiger charge is 2.22. The summed E-state index contributed by atoms with van der Waals surface area (Å²) in [6.45, 7) is 1.78. The van der Waals surface area contributed by atoms with Crippen LogP contribution in [0.2, 0.25) is 10.0 Å². The van der Waals surface area contributed by atoms with Gasteiger partial charge in [0.2, 0.25) is 0 Å². The summed E-state index contributed by atoms with van der Waals surface area (Å²) in [5.74, 6) is 0. The standard InChI is InChI=1S/C23H20Cl2N4O2S/c24-20-2-1-14(7-21(20)25)11-28-5-3-15(8-22(28)31)19-13-29(32)23-18(19)9-16(10-26-23)27-6-4-17(30)12-27/h1-3,5,7-10,13,17,30,32H,4,6,11-12H2. The summed E-state index contributed by atoms with van der Waals surface area (Å²) in [6, 6.07) is 10.9. The Morgan fingerprint density at radius 1 is 1.16 bits per heavy atom. The van der Waals surface area contributed by atoms with E-state index in [9.17, 15) is 9.90 Å². The Morgan fingerprint density at radius 3 is 2.72 bits per heavy atom. The lowest BCUT2D eigenvalue weighted by molar-refractivity contribution is 0.198. The Morgan fingerprint density at radius 2 is 2.00 bits per heavy atom. The number of hydrogen-bond acceptors (Lipinski definition) is 5. The van der Waals surface area contributed by atoms with Gasteiger partial charge in [-0.15, -0.1) is 0 Å². The quantitative estimate of drug-likeness (QED) is 0.417. The molecular weight excluding hydrogens is 467 g/mol. The molecule has 4 aromatic rings. The maximum atomic E-state index is 12.9. The number of aliphatic hydroxyl groups excluding tert-OH is 1. The zero-order valence-electron chi connectivity index (χ0n) is 16.9. The van der Waals surface area contributed by atoms with Crippen molar-refractivity contribution in [1.82, 2.24) is 13.5 Å². The first-order valence-corrected chi connectivity index (χ1v) is 11.3. The van der Waals surface area contributed by atoms with Crippen molar-refractivity contribution in [2.45, 2.75) is 19.1 Å². The zero-order valence-corrected chi connectivity index (χ0v) is 19.4. The number of fused-ring (bicyclic) bond motifs is 1. The number of thiol groups is 1. The van der Waals surface area contributed by atoms with Crippen molar-refractivity contribution in [2.75, 3.05) is 18.0 Å². The van der Waals surface area contributed by atoms with Gasteiger partial charge in [0, 0.05) is 42.5 Å². The second kappa shape index (κ2) is 8.48. The fourth-order valence-corrected chi connectivity index (χ4v) is 4.70. The van der Waals surface area contributed by atoms with Gasteiger partial charge in [0.25, 0.3) is 5.56 Å². The van der Waals surface area contributed by atoms with E-state index >= 15 is 0 Å². The Labute approximate surface area is 200 Å². The molecule has 5 rings (SSSR count). The molecule has 0 amide bonds. The van der Waals surface area contributed by atoms with Crippen molar-refractivity contribution in [3.63, 3.8) is 0 Å². The molecule has 0 spiro atoms. The number of rotatable bonds is 4. The normalized spacial score (nSPS) is 16.2. The average Bonchev–Trinajstić information content (AvgIpc) is 3.35. The number of aliphatic hydroxyl groups is 1. The molecule has 1 N–H and O–H groups in total. The first-order valence-electron chi connectivity index (χ1n) is 10.2. The highest BCUT2D eigenvalue weighted by atomic mass is 35.5. The van der Waals surface area contributed by atoms with Crippen molar-refractivity contribution in [2.24, 2.45) is 0 Å². The van der Waals surface area contributed by atoms with Crippen LogP contribution < -0.4 is 10.5 Å². The molecule has 1 aliphatic rings. The largest absolute Gasteiger partial charge is 0.391 e. The van der Waals surface area contributed by atoms with Crippen molar-refractivity contribution >= 4 is 52.7 Å². The third-order valence-electron chi connectivity index (χ3n) is 5.78. The van der Waals surface area contributed by atoms with Crippen molar-refractivity contribution in [3.8, 4) is 11.1 Å². The van der Waals surface area contributed by atoms with Gasteiger partial charge in [-0.1, -0.05) is 42.1 Å². The maximum Gasteiger partial charge on any atom is 0.251 e. The number of benzene rings is 1. The Hall–Kier alpha value is -2.45. The van der Waals surface area contributed by atoms with Gasteiger partial charge < -0.3 is 14.6 Å². The molecule has 3 aromatic heterocycles. The predicted molar refractivity (Wildman–Crippen MR) is 132 cm³/mol. The SMILES string of the molecule is O=c1cc(-c2cn(S)c3ncc(N4CCC(O)C4)cc23)ccn1Cc1ccc(Cl)c(Cl)c1. The van der Waals surface area contributed by atoms with Gasteiger partial charge >= 0.3 is 0 Å². The van der Waals surface area contributed by atoms with Crippen LogP contribution in [0.5, 0.6) is 0 Å². The van der Waals surface area contributed by atoms with Crippen LogP contribution in [0.15, 0.2) is 59.8 Å². The van der Waals surface area contributed by atoms with E-state index in [1.807, 2.05) is 24.4 Å². The predicted octanol–water partition coefficient (Wildman–Crippen LogP) is 4.48. The first-order chi connectivity index (χ1) is 15.4. The van der Waals surface area contributed by atoms with Gasteiger partial charge in [-0.3, -0.25) is 8.77 Å². The second-order valence-corrected chi connectivity index (χ2v) is 9.22. The molecule has 164 valence electrons. The summed E-state index contributed by atoms with van der Waals surface area (Å²) in [5.41, 5.74) is 4.10. The minimum Gasteiger partial charge on any atom is -0.391 e. The summed E-state index contributed by atoms with van der Waals surface area (Å²) in [6.07, 6.45) is 5.86.